The van der Waals surface area contributed by atoms with Gasteiger partial charge >= 0.3 is 12.1 Å². The Morgan fingerprint density at radius 2 is 1.88 bits per heavy atom. The number of carbonyl (C=O) groups is 2. The maximum Gasteiger partial charge on any atom is 0.410 e. The van der Waals surface area contributed by atoms with Crippen LogP contribution in [0.4, 0.5) is 4.79 Å². The highest BCUT2D eigenvalue weighted by Gasteiger charge is 2.48. The summed E-state index contributed by atoms with van der Waals surface area (Å²) < 4.78 is 16.3. The summed E-state index contributed by atoms with van der Waals surface area (Å²) in [6.45, 7) is 8.02. The maximum atomic E-state index is 12.2. The molecule has 3 heterocycles. The minimum Gasteiger partial charge on any atom is -0.462 e. The second kappa shape index (κ2) is 5.89. The Labute approximate surface area is 145 Å². The number of likely N-dealkylation sites (tertiary alicyclic amines) is 1. The lowest BCUT2D eigenvalue weighted by Crippen LogP contribution is -2.49. The summed E-state index contributed by atoms with van der Waals surface area (Å²) in [7, 11) is 0. The van der Waals surface area contributed by atoms with E-state index in [0.717, 1.165) is 0 Å². The predicted molar refractivity (Wildman–Crippen MR) is 88.7 cm³/mol. The Kier molecular flexibility index (Phi) is 4.13. The van der Waals surface area contributed by atoms with Crippen LogP contribution in [0.1, 0.15) is 51.6 Å². The third-order valence-corrected chi connectivity index (χ3v) is 4.58. The van der Waals surface area contributed by atoms with Crippen LogP contribution in [0.3, 0.4) is 0 Å². The molecule has 0 radical (unpaired) electrons. The largest absolute Gasteiger partial charge is 0.462 e. The van der Waals surface area contributed by atoms with Gasteiger partial charge in [-0.15, -0.1) is 0 Å². The lowest BCUT2D eigenvalue weighted by Gasteiger charge is -2.42. The van der Waals surface area contributed by atoms with E-state index >= 15 is 0 Å². The lowest BCUT2D eigenvalue weighted by molar-refractivity contribution is -0.138. The quantitative estimate of drug-likeness (QED) is 0.669. The number of carbonyl (C=O) groups excluding carboxylic acids is 2. The van der Waals surface area contributed by atoms with Gasteiger partial charge in [0.1, 0.15) is 11.4 Å². The van der Waals surface area contributed by atoms with Gasteiger partial charge < -0.3 is 18.8 Å². The van der Waals surface area contributed by atoms with Crippen LogP contribution in [0.25, 0.3) is 0 Å². The molecule has 1 aromatic rings. The maximum absolute atomic E-state index is 12.2. The summed E-state index contributed by atoms with van der Waals surface area (Å²) in [5.41, 5.74) is -1.51. The summed E-state index contributed by atoms with van der Waals surface area (Å²) in [4.78, 5) is 38.1. The topological polar surface area (TPSA) is 86.0 Å². The molecule has 7 nitrogen and oxygen atoms in total. The first-order chi connectivity index (χ1) is 11.6. The van der Waals surface area contributed by atoms with Crippen LogP contribution >= 0.6 is 0 Å². The van der Waals surface area contributed by atoms with Gasteiger partial charge in [-0.05, 0) is 40.5 Å². The van der Waals surface area contributed by atoms with Gasteiger partial charge in [0.2, 0.25) is 11.2 Å². The average molecular weight is 349 g/mol. The van der Waals surface area contributed by atoms with Gasteiger partial charge in [-0.25, -0.2) is 4.79 Å². The fourth-order valence-corrected chi connectivity index (χ4v) is 3.40. The molecule has 3 rings (SSSR count). The van der Waals surface area contributed by atoms with Crippen molar-refractivity contribution in [3.05, 3.63) is 27.8 Å². The summed E-state index contributed by atoms with van der Waals surface area (Å²) in [5, 5.41) is 0. The standard InChI is InChI=1S/C18H23NO6/c1-11-9-12(20)14-15(23-11)18(10-13(21)24-14)5-7-19(8-6-18)16(22)25-17(2,3)4/h9H,5-8,10H2,1-4H3. The molecule has 0 bridgehead atoms. The lowest BCUT2D eigenvalue weighted by atomic mass is 9.72. The van der Waals surface area contributed by atoms with E-state index in [-0.39, 0.29) is 23.7 Å². The molecular formula is C18H23NO6. The van der Waals surface area contributed by atoms with Crippen molar-refractivity contribution in [3.63, 3.8) is 0 Å². The summed E-state index contributed by atoms with van der Waals surface area (Å²) in [6.07, 6.45) is 0.808. The predicted octanol–water partition coefficient (Wildman–Crippen LogP) is 2.53. The molecule has 1 saturated heterocycles. The molecule has 136 valence electrons. The number of esters is 1. The summed E-state index contributed by atoms with van der Waals surface area (Å²) in [6, 6.07) is 1.32. The first-order valence-electron chi connectivity index (χ1n) is 8.43. The van der Waals surface area contributed by atoms with Crippen LogP contribution in [-0.4, -0.2) is 35.7 Å². The molecule has 1 aromatic heterocycles. The second-order valence-corrected chi connectivity index (χ2v) is 7.78. The molecule has 1 fully saturated rings. The Hall–Kier alpha value is -2.31. The number of piperidine rings is 1. The summed E-state index contributed by atoms with van der Waals surface area (Å²) in [5.74, 6) is 0.471. The first-order valence-corrected chi connectivity index (χ1v) is 8.43. The zero-order valence-corrected chi connectivity index (χ0v) is 15.0. The van der Waals surface area contributed by atoms with Crippen molar-refractivity contribution in [2.24, 2.45) is 0 Å². The normalized spacial score (nSPS) is 19.4. The number of hydrogen-bond acceptors (Lipinski definition) is 6. The highest BCUT2D eigenvalue weighted by atomic mass is 16.6. The van der Waals surface area contributed by atoms with Crippen LogP contribution in [0.5, 0.6) is 5.75 Å². The molecule has 0 unspecified atom stereocenters. The molecule has 2 aliphatic rings. The summed E-state index contributed by atoms with van der Waals surface area (Å²) >= 11 is 0. The van der Waals surface area contributed by atoms with E-state index in [2.05, 4.69) is 0 Å². The molecule has 0 N–H and O–H groups in total. The van der Waals surface area contributed by atoms with Gasteiger partial charge in [0.05, 0.1) is 6.42 Å². The molecule has 7 heteroatoms. The van der Waals surface area contributed by atoms with Crippen molar-refractivity contribution in [1.29, 1.82) is 0 Å². The number of hydrogen-bond donors (Lipinski definition) is 0. The molecule has 1 amide bonds. The number of ether oxygens (including phenoxy) is 2. The number of amides is 1. The van der Waals surface area contributed by atoms with Crippen molar-refractivity contribution in [2.75, 3.05) is 13.1 Å². The van der Waals surface area contributed by atoms with Gasteiger partial charge in [0.15, 0.2) is 5.76 Å². The van der Waals surface area contributed by atoms with Crippen LogP contribution in [0.2, 0.25) is 0 Å². The van der Waals surface area contributed by atoms with E-state index in [4.69, 9.17) is 13.9 Å². The van der Waals surface area contributed by atoms with E-state index < -0.39 is 17.0 Å². The fraction of sp³-hybridized carbons (Fsp3) is 0.611. The molecule has 0 aromatic carbocycles. The van der Waals surface area contributed by atoms with Crippen molar-refractivity contribution >= 4 is 12.1 Å². The first kappa shape index (κ1) is 17.5. The van der Waals surface area contributed by atoms with Gasteiger partial charge in [-0.1, -0.05) is 0 Å². The molecule has 2 aliphatic heterocycles. The van der Waals surface area contributed by atoms with E-state index in [1.54, 1.807) is 11.8 Å². The number of nitrogens with zero attached hydrogens (tertiary/aromatic N) is 1. The SMILES string of the molecule is Cc1cc(=O)c2c(o1)C1(CCN(C(=O)OC(C)(C)C)CC1)CC(=O)O2. The Bertz CT molecular complexity index is 765. The molecular weight excluding hydrogens is 326 g/mol. The second-order valence-electron chi connectivity index (χ2n) is 7.78. The van der Waals surface area contributed by atoms with Gasteiger partial charge in [0.25, 0.3) is 0 Å². The monoisotopic (exact) mass is 349 g/mol. The Balaban J connectivity index is 1.85. The minimum absolute atomic E-state index is 0.00688. The van der Waals surface area contributed by atoms with Crippen molar-refractivity contribution in [1.82, 2.24) is 4.90 Å². The van der Waals surface area contributed by atoms with E-state index in [9.17, 15) is 14.4 Å². The fourth-order valence-electron chi connectivity index (χ4n) is 3.40. The third-order valence-electron chi connectivity index (χ3n) is 4.58. The molecule has 0 atom stereocenters. The highest BCUT2D eigenvalue weighted by molar-refractivity contribution is 5.77. The van der Waals surface area contributed by atoms with E-state index in [0.29, 0.717) is 37.5 Å². The van der Waals surface area contributed by atoms with Crippen LogP contribution in [0, 0.1) is 6.92 Å². The number of rotatable bonds is 0. The van der Waals surface area contributed by atoms with Gasteiger partial charge in [-0.2, -0.15) is 0 Å². The number of fused-ring (bicyclic) bond motifs is 2. The smallest absolute Gasteiger partial charge is 0.410 e. The number of aryl methyl sites for hydroxylation is 1. The molecule has 0 aliphatic carbocycles. The highest BCUT2D eigenvalue weighted by Crippen LogP contribution is 2.45. The van der Waals surface area contributed by atoms with Crippen molar-refractivity contribution < 1.29 is 23.5 Å². The third kappa shape index (κ3) is 3.41. The van der Waals surface area contributed by atoms with Crippen LogP contribution in [-0.2, 0) is 14.9 Å². The van der Waals surface area contributed by atoms with Gasteiger partial charge in [0, 0.05) is 24.6 Å². The van der Waals surface area contributed by atoms with Gasteiger partial charge in [-0.3, -0.25) is 9.59 Å². The zero-order chi connectivity index (χ0) is 18.4. The van der Waals surface area contributed by atoms with Crippen molar-refractivity contribution in [3.8, 4) is 5.75 Å². The van der Waals surface area contributed by atoms with Crippen LogP contribution < -0.4 is 10.2 Å². The van der Waals surface area contributed by atoms with Crippen molar-refractivity contribution in [2.45, 2.75) is 58.0 Å². The average Bonchev–Trinajstić information content (AvgIpc) is 2.47. The molecule has 1 spiro atoms. The Morgan fingerprint density at radius 1 is 1.24 bits per heavy atom. The van der Waals surface area contributed by atoms with E-state index in [1.807, 2.05) is 20.8 Å². The van der Waals surface area contributed by atoms with E-state index in [1.165, 1.54) is 6.07 Å². The Morgan fingerprint density at radius 3 is 2.48 bits per heavy atom. The molecule has 0 saturated carbocycles. The molecule has 25 heavy (non-hydrogen) atoms. The van der Waals surface area contributed by atoms with Crippen LogP contribution in [0.15, 0.2) is 15.3 Å². The minimum atomic E-state index is -0.603. The zero-order valence-electron chi connectivity index (χ0n) is 15.0.